The largest absolute Gasteiger partial charge is 0.358 e. The van der Waals surface area contributed by atoms with Crippen molar-refractivity contribution in [2.24, 2.45) is 0 Å². The highest BCUT2D eigenvalue weighted by molar-refractivity contribution is 5.99. The van der Waals surface area contributed by atoms with Gasteiger partial charge in [-0.3, -0.25) is 9.59 Å². The van der Waals surface area contributed by atoms with Crippen molar-refractivity contribution in [1.29, 1.82) is 0 Å². The van der Waals surface area contributed by atoms with Gasteiger partial charge in [-0.1, -0.05) is 48.5 Å². The van der Waals surface area contributed by atoms with Crippen molar-refractivity contribution in [3.05, 3.63) is 102 Å². The quantitative estimate of drug-likeness (QED) is 0.440. The summed E-state index contributed by atoms with van der Waals surface area (Å²) in [6.45, 7) is 1.94. The third kappa shape index (κ3) is 5.12. The lowest BCUT2D eigenvalue weighted by Crippen LogP contribution is -2.49. The number of nitrogens with one attached hydrogen (secondary N) is 2. The van der Waals surface area contributed by atoms with Crippen molar-refractivity contribution in [3.8, 4) is 0 Å². The van der Waals surface area contributed by atoms with Crippen LogP contribution in [0.5, 0.6) is 0 Å². The second-order valence-electron chi connectivity index (χ2n) is 8.13. The number of aromatic nitrogens is 1. The highest BCUT2D eigenvalue weighted by Crippen LogP contribution is 2.22. The Bertz CT molecular complexity index is 1270. The number of carbonyl (C=O) groups excluding carboxylic acids is 2. The molecule has 0 aliphatic heterocycles. The Morgan fingerprint density at radius 2 is 1.64 bits per heavy atom. The van der Waals surface area contributed by atoms with Crippen LogP contribution in [-0.4, -0.2) is 29.9 Å². The van der Waals surface area contributed by atoms with Crippen molar-refractivity contribution in [2.75, 3.05) is 11.9 Å². The first-order chi connectivity index (χ1) is 15.9. The molecule has 168 valence electrons. The predicted molar refractivity (Wildman–Crippen MR) is 129 cm³/mol. The Morgan fingerprint density at radius 1 is 0.970 bits per heavy atom. The average Bonchev–Trinajstić information content (AvgIpc) is 3.13. The summed E-state index contributed by atoms with van der Waals surface area (Å²) in [4.78, 5) is 31.2. The molecule has 0 aliphatic carbocycles. The minimum absolute atomic E-state index is 0.161. The molecule has 1 atom stereocenters. The molecule has 0 bridgehead atoms. The zero-order valence-corrected chi connectivity index (χ0v) is 18.6. The van der Waals surface area contributed by atoms with E-state index < -0.39 is 6.04 Å². The monoisotopic (exact) mass is 443 g/mol. The zero-order valence-electron chi connectivity index (χ0n) is 18.6. The number of fused-ring (bicyclic) bond motifs is 1. The molecule has 0 fully saturated rings. The zero-order chi connectivity index (χ0) is 23.4. The number of benzene rings is 3. The van der Waals surface area contributed by atoms with Gasteiger partial charge in [0, 0.05) is 35.8 Å². The highest BCUT2D eigenvalue weighted by Gasteiger charge is 2.26. The average molecular weight is 444 g/mol. The first-order valence-corrected chi connectivity index (χ1v) is 10.8. The number of nitrogens with zero attached hydrogens (tertiary/aromatic N) is 1. The number of para-hydroxylation sites is 1. The number of rotatable bonds is 7. The Kier molecular flexibility index (Phi) is 6.54. The van der Waals surface area contributed by atoms with E-state index in [4.69, 9.17) is 0 Å². The third-order valence-corrected chi connectivity index (χ3v) is 5.82. The lowest BCUT2D eigenvalue weighted by atomic mass is 10.0. The van der Waals surface area contributed by atoms with Crippen LogP contribution >= 0.6 is 0 Å². The van der Waals surface area contributed by atoms with E-state index in [1.54, 1.807) is 19.2 Å². The van der Waals surface area contributed by atoms with Crippen LogP contribution in [0, 0.1) is 12.7 Å². The second-order valence-corrected chi connectivity index (χ2v) is 8.13. The van der Waals surface area contributed by atoms with Gasteiger partial charge < -0.3 is 15.2 Å². The number of hydrogen-bond acceptors (Lipinski definition) is 2. The second kappa shape index (κ2) is 9.69. The number of anilines is 1. The van der Waals surface area contributed by atoms with Crippen molar-refractivity contribution >= 4 is 28.4 Å². The first kappa shape index (κ1) is 22.3. The summed E-state index contributed by atoms with van der Waals surface area (Å²) in [6.07, 6.45) is 0.512. The normalized spacial score (nSPS) is 11.8. The molecule has 0 saturated carbocycles. The van der Waals surface area contributed by atoms with Crippen molar-refractivity contribution in [2.45, 2.75) is 25.8 Å². The molecule has 0 aliphatic rings. The standard InChI is InChI=1S/C27H26FN3O2/c1-18-23(22-10-6-7-11-24(22)29-18)17-26(32)30-25(16-19-8-4-3-5-9-19)27(33)31(2)21-14-12-20(28)13-15-21/h3-15,25,29H,16-17H2,1-2H3,(H,30,32)/t25-/m0/s1. The molecular weight excluding hydrogens is 417 g/mol. The Balaban J connectivity index is 1.56. The van der Waals surface area contributed by atoms with Gasteiger partial charge in [0.1, 0.15) is 11.9 Å². The number of halogens is 1. The lowest BCUT2D eigenvalue weighted by molar-refractivity contribution is -0.127. The number of amides is 2. The van der Waals surface area contributed by atoms with E-state index in [0.29, 0.717) is 12.1 Å². The summed E-state index contributed by atoms with van der Waals surface area (Å²) in [6, 6.07) is 22.3. The number of aryl methyl sites for hydroxylation is 1. The third-order valence-electron chi connectivity index (χ3n) is 5.82. The van der Waals surface area contributed by atoms with E-state index in [1.807, 2.05) is 61.5 Å². The number of carbonyl (C=O) groups is 2. The summed E-state index contributed by atoms with van der Waals surface area (Å²) in [5.41, 5.74) is 4.32. The molecule has 0 unspecified atom stereocenters. The summed E-state index contributed by atoms with van der Waals surface area (Å²) in [5, 5.41) is 3.94. The fourth-order valence-corrected chi connectivity index (χ4v) is 4.04. The Labute approximate surface area is 192 Å². The van der Waals surface area contributed by atoms with Crippen LogP contribution in [0.25, 0.3) is 10.9 Å². The van der Waals surface area contributed by atoms with E-state index in [0.717, 1.165) is 27.7 Å². The molecule has 3 aromatic carbocycles. The molecule has 6 heteroatoms. The van der Waals surface area contributed by atoms with Gasteiger partial charge in [0.2, 0.25) is 11.8 Å². The lowest BCUT2D eigenvalue weighted by Gasteiger charge is -2.25. The van der Waals surface area contributed by atoms with Crippen LogP contribution in [0.15, 0.2) is 78.9 Å². The van der Waals surface area contributed by atoms with Gasteiger partial charge in [0.05, 0.1) is 6.42 Å². The van der Waals surface area contributed by atoms with Crippen LogP contribution in [0.2, 0.25) is 0 Å². The van der Waals surface area contributed by atoms with Gasteiger partial charge in [-0.2, -0.15) is 0 Å². The number of H-pyrrole nitrogens is 1. The number of aromatic amines is 1. The van der Waals surface area contributed by atoms with E-state index >= 15 is 0 Å². The predicted octanol–water partition coefficient (Wildman–Crippen LogP) is 4.55. The van der Waals surface area contributed by atoms with E-state index in [-0.39, 0.29) is 24.1 Å². The molecule has 0 radical (unpaired) electrons. The van der Waals surface area contributed by atoms with Crippen LogP contribution in [-0.2, 0) is 22.4 Å². The van der Waals surface area contributed by atoms with Gasteiger partial charge in [-0.25, -0.2) is 4.39 Å². The molecule has 1 aromatic heterocycles. The van der Waals surface area contributed by atoms with E-state index in [1.165, 1.54) is 17.0 Å². The molecule has 2 amide bonds. The van der Waals surface area contributed by atoms with Gasteiger partial charge >= 0.3 is 0 Å². The van der Waals surface area contributed by atoms with Crippen molar-refractivity contribution in [3.63, 3.8) is 0 Å². The van der Waals surface area contributed by atoms with Crippen molar-refractivity contribution in [1.82, 2.24) is 10.3 Å². The van der Waals surface area contributed by atoms with E-state index in [9.17, 15) is 14.0 Å². The molecule has 0 spiro atoms. The summed E-state index contributed by atoms with van der Waals surface area (Å²) < 4.78 is 13.3. The maximum absolute atomic E-state index is 13.4. The van der Waals surface area contributed by atoms with Crippen LogP contribution in [0.4, 0.5) is 10.1 Å². The molecule has 33 heavy (non-hydrogen) atoms. The fourth-order valence-electron chi connectivity index (χ4n) is 4.04. The maximum atomic E-state index is 13.4. The van der Waals surface area contributed by atoms with Gasteiger partial charge in [0.25, 0.3) is 0 Å². The molecule has 2 N–H and O–H groups in total. The Hall–Kier alpha value is -3.93. The summed E-state index contributed by atoms with van der Waals surface area (Å²) >= 11 is 0. The van der Waals surface area contributed by atoms with Gasteiger partial charge in [0.15, 0.2) is 0 Å². The Morgan fingerprint density at radius 3 is 2.36 bits per heavy atom. The topological polar surface area (TPSA) is 65.2 Å². The molecule has 5 nitrogen and oxygen atoms in total. The molecular formula is C27H26FN3O2. The smallest absolute Gasteiger partial charge is 0.249 e. The number of likely N-dealkylation sites (N-methyl/N-ethyl adjacent to an activating group) is 1. The highest BCUT2D eigenvalue weighted by atomic mass is 19.1. The van der Waals surface area contributed by atoms with E-state index in [2.05, 4.69) is 10.3 Å². The minimum Gasteiger partial charge on any atom is -0.358 e. The first-order valence-electron chi connectivity index (χ1n) is 10.8. The van der Waals surface area contributed by atoms with Gasteiger partial charge in [-0.15, -0.1) is 0 Å². The molecule has 1 heterocycles. The van der Waals surface area contributed by atoms with Crippen LogP contribution in [0.1, 0.15) is 16.8 Å². The minimum atomic E-state index is -0.763. The van der Waals surface area contributed by atoms with Gasteiger partial charge in [-0.05, 0) is 48.4 Å². The van der Waals surface area contributed by atoms with Crippen molar-refractivity contribution < 1.29 is 14.0 Å². The molecule has 0 saturated heterocycles. The van der Waals surface area contributed by atoms with Crippen LogP contribution < -0.4 is 10.2 Å². The SMILES string of the molecule is Cc1[nH]c2ccccc2c1CC(=O)N[C@@H](Cc1ccccc1)C(=O)N(C)c1ccc(F)cc1. The molecule has 4 rings (SSSR count). The van der Waals surface area contributed by atoms with Crippen LogP contribution in [0.3, 0.4) is 0 Å². The fraction of sp³-hybridized carbons (Fsp3) is 0.185. The summed E-state index contributed by atoms with van der Waals surface area (Å²) in [5.74, 6) is -0.873. The summed E-state index contributed by atoms with van der Waals surface area (Å²) in [7, 11) is 1.63. The molecule has 4 aromatic rings. The number of hydrogen-bond donors (Lipinski definition) is 2. The maximum Gasteiger partial charge on any atom is 0.249 e.